The van der Waals surface area contributed by atoms with Gasteiger partial charge in [-0.2, -0.15) is 0 Å². The van der Waals surface area contributed by atoms with Crippen LogP contribution in [0.5, 0.6) is 5.75 Å². The van der Waals surface area contributed by atoms with E-state index in [0.29, 0.717) is 17.9 Å². The molecule has 3 aromatic rings. The molecule has 1 amide bonds. The van der Waals surface area contributed by atoms with Crippen LogP contribution >= 0.6 is 0 Å². The Balaban J connectivity index is 1.50. The maximum absolute atomic E-state index is 12.6. The number of amides is 1. The number of aryl methyl sites for hydroxylation is 1. The highest BCUT2D eigenvalue weighted by molar-refractivity contribution is 5.88. The van der Waals surface area contributed by atoms with Crippen LogP contribution in [-0.4, -0.2) is 18.7 Å². The molecule has 31 heavy (non-hydrogen) atoms. The number of carbonyl (C=O) groups is 2. The Morgan fingerprint density at radius 3 is 2.13 bits per heavy atom. The third kappa shape index (κ3) is 4.17. The first-order chi connectivity index (χ1) is 15.1. The minimum absolute atomic E-state index is 0.0162. The number of hydrogen-bond acceptors (Lipinski definition) is 4. The zero-order valence-corrected chi connectivity index (χ0v) is 17.7. The van der Waals surface area contributed by atoms with Gasteiger partial charge in [-0.25, -0.2) is 4.79 Å². The van der Waals surface area contributed by atoms with Crippen LogP contribution in [0.2, 0.25) is 0 Å². The second-order valence-electron chi connectivity index (χ2n) is 7.43. The minimum atomic E-state index is -0.580. The molecular weight excluding hydrogens is 390 g/mol. The summed E-state index contributed by atoms with van der Waals surface area (Å²) in [7, 11) is 0. The Morgan fingerprint density at radius 1 is 0.871 bits per heavy atom. The van der Waals surface area contributed by atoms with Crippen LogP contribution in [-0.2, 0) is 16.0 Å². The summed E-state index contributed by atoms with van der Waals surface area (Å²) in [5.41, 5.74) is 5.94. The van der Waals surface area contributed by atoms with Gasteiger partial charge in [0.2, 0.25) is 0 Å². The fraction of sp³-hybridized carbons (Fsp3) is 0.231. The molecule has 0 saturated heterocycles. The van der Waals surface area contributed by atoms with Crippen LogP contribution in [0.1, 0.15) is 42.9 Å². The first-order valence-corrected chi connectivity index (χ1v) is 10.6. The van der Waals surface area contributed by atoms with E-state index < -0.39 is 6.09 Å². The molecular formula is C26H25NO4. The summed E-state index contributed by atoms with van der Waals surface area (Å²) in [6.45, 7) is 3.92. The highest BCUT2D eigenvalue weighted by Gasteiger charge is 2.29. The molecule has 5 heteroatoms. The van der Waals surface area contributed by atoms with Crippen molar-refractivity contribution in [2.45, 2.75) is 32.6 Å². The summed E-state index contributed by atoms with van der Waals surface area (Å²) in [5, 5.41) is 2.75. The maximum Gasteiger partial charge on any atom is 0.411 e. The smallest absolute Gasteiger partial charge is 0.411 e. The van der Waals surface area contributed by atoms with Crippen LogP contribution in [0.25, 0.3) is 11.1 Å². The Morgan fingerprint density at radius 2 is 1.52 bits per heavy atom. The molecule has 158 valence electrons. The van der Waals surface area contributed by atoms with Crippen molar-refractivity contribution in [2.75, 3.05) is 11.9 Å². The number of carbonyl (C=O) groups excluding carboxylic acids is 2. The fourth-order valence-corrected chi connectivity index (χ4v) is 4.01. The number of fused-ring (bicyclic) bond motifs is 3. The van der Waals surface area contributed by atoms with Gasteiger partial charge in [-0.3, -0.25) is 10.1 Å². The Kier molecular flexibility index (Phi) is 6.03. The number of anilines is 1. The maximum atomic E-state index is 12.6. The highest BCUT2D eigenvalue weighted by Crippen LogP contribution is 2.44. The summed E-state index contributed by atoms with van der Waals surface area (Å²) < 4.78 is 11.1. The molecule has 0 unspecified atom stereocenters. The van der Waals surface area contributed by atoms with E-state index in [9.17, 15) is 9.59 Å². The average Bonchev–Trinajstić information content (AvgIpc) is 3.12. The summed E-state index contributed by atoms with van der Waals surface area (Å²) in [5.74, 6) is 0.0133. The van der Waals surface area contributed by atoms with Gasteiger partial charge in [0, 0.05) is 12.3 Å². The monoisotopic (exact) mass is 415 g/mol. The van der Waals surface area contributed by atoms with Crippen molar-refractivity contribution in [1.82, 2.24) is 0 Å². The molecule has 4 rings (SSSR count). The van der Waals surface area contributed by atoms with Crippen molar-refractivity contribution in [1.29, 1.82) is 0 Å². The van der Waals surface area contributed by atoms with Crippen LogP contribution < -0.4 is 10.1 Å². The van der Waals surface area contributed by atoms with Gasteiger partial charge in [-0.15, -0.1) is 0 Å². The molecule has 0 heterocycles. The Labute approximate surface area is 182 Å². The minimum Gasteiger partial charge on any atom is -0.448 e. The highest BCUT2D eigenvalue weighted by atomic mass is 16.6. The average molecular weight is 415 g/mol. The van der Waals surface area contributed by atoms with Gasteiger partial charge in [-0.1, -0.05) is 74.5 Å². The fourth-order valence-electron chi connectivity index (χ4n) is 4.01. The van der Waals surface area contributed by atoms with E-state index in [1.807, 2.05) is 43.3 Å². The van der Waals surface area contributed by atoms with Gasteiger partial charge >= 0.3 is 12.1 Å². The third-order valence-electron chi connectivity index (χ3n) is 5.56. The summed E-state index contributed by atoms with van der Waals surface area (Å²) in [6.07, 6.45) is 0.346. The number of nitrogens with one attached hydrogen (secondary N) is 1. The van der Waals surface area contributed by atoms with E-state index in [1.165, 1.54) is 11.1 Å². The molecule has 0 atom stereocenters. The lowest BCUT2D eigenvalue weighted by molar-refractivity contribution is -0.134. The Bertz CT molecular complexity index is 1080. The van der Waals surface area contributed by atoms with Crippen LogP contribution in [0.15, 0.2) is 66.7 Å². The second-order valence-corrected chi connectivity index (χ2v) is 7.43. The predicted molar refractivity (Wildman–Crippen MR) is 120 cm³/mol. The molecule has 1 aliphatic rings. The third-order valence-corrected chi connectivity index (χ3v) is 5.56. The summed E-state index contributed by atoms with van der Waals surface area (Å²) in [6, 6.07) is 21.8. The van der Waals surface area contributed by atoms with Crippen LogP contribution in [0.3, 0.4) is 0 Å². The quantitative estimate of drug-likeness (QED) is 0.401. The summed E-state index contributed by atoms with van der Waals surface area (Å²) >= 11 is 0. The number of para-hydroxylation sites is 1. The molecule has 0 radical (unpaired) electrons. The molecule has 0 bridgehead atoms. The van der Waals surface area contributed by atoms with Gasteiger partial charge in [-0.05, 0) is 40.3 Å². The van der Waals surface area contributed by atoms with Crippen molar-refractivity contribution in [3.63, 3.8) is 0 Å². The van der Waals surface area contributed by atoms with Gasteiger partial charge in [0.1, 0.15) is 6.61 Å². The van der Waals surface area contributed by atoms with Crippen molar-refractivity contribution in [2.24, 2.45) is 0 Å². The van der Waals surface area contributed by atoms with E-state index in [4.69, 9.17) is 9.47 Å². The van der Waals surface area contributed by atoms with Gasteiger partial charge < -0.3 is 9.47 Å². The first kappa shape index (κ1) is 20.7. The lowest BCUT2D eigenvalue weighted by atomic mass is 9.98. The van der Waals surface area contributed by atoms with Crippen molar-refractivity contribution >= 4 is 17.7 Å². The molecule has 0 aliphatic heterocycles. The van der Waals surface area contributed by atoms with Gasteiger partial charge in [0.05, 0.1) is 5.69 Å². The van der Waals surface area contributed by atoms with Crippen molar-refractivity contribution in [3.05, 3.63) is 83.4 Å². The van der Waals surface area contributed by atoms with Gasteiger partial charge in [0.25, 0.3) is 0 Å². The molecule has 0 spiro atoms. The zero-order chi connectivity index (χ0) is 21.8. The molecule has 0 aromatic heterocycles. The molecule has 3 aromatic carbocycles. The Hall–Kier alpha value is -3.60. The predicted octanol–water partition coefficient (Wildman–Crippen LogP) is 5.93. The van der Waals surface area contributed by atoms with Crippen LogP contribution in [0.4, 0.5) is 10.5 Å². The summed E-state index contributed by atoms with van der Waals surface area (Å²) in [4.78, 5) is 24.5. The topological polar surface area (TPSA) is 64.6 Å². The lowest BCUT2D eigenvalue weighted by Gasteiger charge is -2.17. The molecule has 1 aliphatic carbocycles. The molecule has 0 saturated carbocycles. The van der Waals surface area contributed by atoms with E-state index in [0.717, 1.165) is 16.7 Å². The zero-order valence-electron chi connectivity index (χ0n) is 17.7. The van der Waals surface area contributed by atoms with E-state index >= 15 is 0 Å². The number of rotatable bonds is 6. The van der Waals surface area contributed by atoms with E-state index in [-0.39, 0.29) is 24.9 Å². The SMILES string of the molecule is CCC(=O)Oc1c(CC)cccc1NC(=O)OCC1c2ccccc2-c2ccccc21. The second kappa shape index (κ2) is 9.04. The number of ether oxygens (including phenoxy) is 2. The van der Waals surface area contributed by atoms with Crippen LogP contribution in [0, 0.1) is 0 Å². The molecule has 5 nitrogen and oxygen atoms in total. The number of benzene rings is 3. The standard InChI is InChI=1S/C26H25NO4/c1-3-17-10-9-15-23(25(17)31-24(28)4-2)27-26(29)30-16-22-20-13-7-5-11-18(20)19-12-6-8-14-21(19)22/h5-15,22H,3-4,16H2,1-2H3,(H,27,29). The van der Waals surface area contributed by atoms with Gasteiger partial charge in [0.15, 0.2) is 5.75 Å². The normalized spacial score (nSPS) is 12.1. The lowest BCUT2D eigenvalue weighted by Crippen LogP contribution is -2.19. The van der Waals surface area contributed by atoms with Crippen molar-refractivity contribution in [3.8, 4) is 16.9 Å². The number of hydrogen-bond donors (Lipinski definition) is 1. The van der Waals surface area contributed by atoms with Crippen molar-refractivity contribution < 1.29 is 19.1 Å². The molecule has 1 N–H and O–H groups in total. The largest absolute Gasteiger partial charge is 0.448 e. The van der Waals surface area contributed by atoms with E-state index in [1.54, 1.807) is 13.0 Å². The molecule has 0 fully saturated rings. The number of esters is 1. The van der Waals surface area contributed by atoms with E-state index in [2.05, 4.69) is 29.6 Å². The first-order valence-electron chi connectivity index (χ1n) is 10.6.